The van der Waals surface area contributed by atoms with Gasteiger partial charge >= 0.3 is 0 Å². The molecule has 3 aliphatic carbocycles. The third-order valence-electron chi connectivity index (χ3n) is 5.44. The largest absolute Gasteiger partial charge is 0.497 e. The van der Waals surface area contributed by atoms with E-state index in [2.05, 4.69) is 23.1 Å². The van der Waals surface area contributed by atoms with Gasteiger partial charge in [-0.15, -0.1) is 0 Å². The molecule has 3 nitrogen and oxygen atoms in total. The average molecular weight is 286 g/mol. The highest BCUT2D eigenvalue weighted by molar-refractivity contribution is 5.40. The fraction of sp³-hybridized carbons (Fsp3) is 0.667. The highest BCUT2D eigenvalue weighted by atomic mass is 16.5. The van der Waals surface area contributed by atoms with Crippen molar-refractivity contribution in [2.24, 2.45) is 11.7 Å². The molecule has 2 saturated carbocycles. The fourth-order valence-electron chi connectivity index (χ4n) is 3.87. The Morgan fingerprint density at radius 2 is 2.00 bits per heavy atom. The summed E-state index contributed by atoms with van der Waals surface area (Å²) in [5, 5.41) is 0. The molecule has 2 N–H and O–H groups in total. The van der Waals surface area contributed by atoms with Crippen molar-refractivity contribution in [3.63, 3.8) is 0 Å². The summed E-state index contributed by atoms with van der Waals surface area (Å²) in [5.41, 5.74) is 9.39. The Labute approximate surface area is 127 Å². The van der Waals surface area contributed by atoms with E-state index in [1.165, 1.54) is 49.8 Å². The van der Waals surface area contributed by atoms with Crippen molar-refractivity contribution in [1.82, 2.24) is 4.90 Å². The van der Waals surface area contributed by atoms with Crippen LogP contribution in [0.15, 0.2) is 18.2 Å². The van der Waals surface area contributed by atoms with Crippen LogP contribution in [0, 0.1) is 5.92 Å². The first-order chi connectivity index (χ1) is 10.3. The lowest BCUT2D eigenvalue weighted by Crippen LogP contribution is -2.47. The monoisotopic (exact) mass is 286 g/mol. The molecular weight excluding hydrogens is 260 g/mol. The second-order valence-corrected chi connectivity index (χ2v) is 7.07. The van der Waals surface area contributed by atoms with Gasteiger partial charge in [0.25, 0.3) is 0 Å². The third kappa shape index (κ3) is 2.69. The number of nitrogens with zero attached hydrogens (tertiary/aromatic N) is 1. The molecule has 2 atom stereocenters. The number of nitrogens with two attached hydrogens (primary N) is 1. The fourth-order valence-corrected chi connectivity index (χ4v) is 3.87. The van der Waals surface area contributed by atoms with Gasteiger partial charge in [0.05, 0.1) is 7.11 Å². The van der Waals surface area contributed by atoms with E-state index in [1.54, 1.807) is 7.11 Å². The van der Waals surface area contributed by atoms with E-state index < -0.39 is 0 Å². The molecule has 0 aromatic heterocycles. The van der Waals surface area contributed by atoms with Gasteiger partial charge in [-0.3, -0.25) is 4.90 Å². The number of methoxy groups -OCH3 is 1. The number of rotatable bonds is 5. The standard InChI is InChI=1S/C18H26N2O/c1-21-15-7-8-16-13(10-15)4-9-17(18(16)19)20(14-5-6-14)11-12-2-3-12/h7-8,10,12,14,17-18H,2-6,9,11,19H2,1H3. The molecule has 21 heavy (non-hydrogen) atoms. The number of benzene rings is 1. The SMILES string of the molecule is COc1ccc2c(c1)CCC(N(CC1CC1)C1CC1)C2N. The maximum atomic E-state index is 6.66. The lowest BCUT2D eigenvalue weighted by atomic mass is 9.83. The second-order valence-electron chi connectivity index (χ2n) is 7.07. The van der Waals surface area contributed by atoms with Gasteiger partial charge in [-0.1, -0.05) is 6.07 Å². The summed E-state index contributed by atoms with van der Waals surface area (Å²) < 4.78 is 5.35. The van der Waals surface area contributed by atoms with Gasteiger partial charge in [-0.2, -0.15) is 0 Å². The van der Waals surface area contributed by atoms with Crippen molar-refractivity contribution < 1.29 is 4.74 Å². The molecule has 2 unspecified atom stereocenters. The topological polar surface area (TPSA) is 38.5 Å². The molecule has 0 bridgehead atoms. The minimum atomic E-state index is 0.166. The molecule has 0 aliphatic heterocycles. The minimum Gasteiger partial charge on any atom is -0.497 e. The van der Waals surface area contributed by atoms with E-state index in [9.17, 15) is 0 Å². The Balaban J connectivity index is 1.56. The van der Waals surface area contributed by atoms with Gasteiger partial charge in [0.15, 0.2) is 0 Å². The Morgan fingerprint density at radius 3 is 2.67 bits per heavy atom. The Morgan fingerprint density at radius 1 is 1.19 bits per heavy atom. The van der Waals surface area contributed by atoms with Crippen molar-refractivity contribution in [2.75, 3.05) is 13.7 Å². The highest BCUT2D eigenvalue weighted by Crippen LogP contribution is 2.41. The van der Waals surface area contributed by atoms with Crippen molar-refractivity contribution >= 4 is 0 Å². The Hall–Kier alpha value is -1.06. The summed E-state index contributed by atoms with van der Waals surface area (Å²) in [7, 11) is 1.73. The summed E-state index contributed by atoms with van der Waals surface area (Å²) in [6, 6.07) is 7.95. The molecule has 3 aliphatic rings. The lowest BCUT2D eigenvalue weighted by molar-refractivity contribution is 0.139. The molecule has 0 radical (unpaired) electrons. The molecule has 0 spiro atoms. The van der Waals surface area contributed by atoms with Gasteiger partial charge in [-0.05, 0) is 67.7 Å². The van der Waals surface area contributed by atoms with Crippen LogP contribution >= 0.6 is 0 Å². The minimum absolute atomic E-state index is 0.166. The molecule has 4 rings (SSSR count). The number of fused-ring (bicyclic) bond motifs is 1. The zero-order chi connectivity index (χ0) is 14.4. The molecule has 1 aromatic rings. The van der Waals surface area contributed by atoms with Crippen LogP contribution in [0.25, 0.3) is 0 Å². The molecule has 2 fully saturated rings. The van der Waals surface area contributed by atoms with Crippen LogP contribution in [0.3, 0.4) is 0 Å². The van der Waals surface area contributed by atoms with Crippen molar-refractivity contribution in [2.45, 2.75) is 56.7 Å². The summed E-state index contributed by atoms with van der Waals surface area (Å²) in [6.07, 6.45) is 7.96. The average Bonchev–Trinajstić information content (AvgIpc) is 3.38. The molecule has 0 heterocycles. The van der Waals surface area contributed by atoms with Gasteiger partial charge in [0, 0.05) is 24.7 Å². The first-order valence-corrected chi connectivity index (χ1v) is 8.44. The van der Waals surface area contributed by atoms with E-state index in [0.29, 0.717) is 6.04 Å². The maximum Gasteiger partial charge on any atom is 0.119 e. The number of ether oxygens (including phenoxy) is 1. The predicted octanol–water partition coefficient (Wildman–Crippen LogP) is 2.88. The van der Waals surface area contributed by atoms with Gasteiger partial charge in [0.1, 0.15) is 5.75 Å². The van der Waals surface area contributed by atoms with Gasteiger partial charge in [-0.25, -0.2) is 0 Å². The van der Waals surface area contributed by atoms with Gasteiger partial charge in [0.2, 0.25) is 0 Å². The van der Waals surface area contributed by atoms with E-state index in [0.717, 1.165) is 24.1 Å². The molecular formula is C18H26N2O. The van der Waals surface area contributed by atoms with Crippen LogP contribution in [-0.2, 0) is 6.42 Å². The lowest BCUT2D eigenvalue weighted by Gasteiger charge is -2.40. The number of hydrogen-bond acceptors (Lipinski definition) is 3. The smallest absolute Gasteiger partial charge is 0.119 e. The second kappa shape index (κ2) is 5.29. The van der Waals surface area contributed by atoms with Crippen LogP contribution in [0.1, 0.15) is 49.3 Å². The third-order valence-corrected chi connectivity index (χ3v) is 5.44. The van der Waals surface area contributed by atoms with E-state index in [4.69, 9.17) is 10.5 Å². The van der Waals surface area contributed by atoms with Crippen LogP contribution < -0.4 is 10.5 Å². The van der Waals surface area contributed by atoms with Crippen LogP contribution in [0.4, 0.5) is 0 Å². The first-order valence-electron chi connectivity index (χ1n) is 8.44. The highest BCUT2D eigenvalue weighted by Gasteiger charge is 2.41. The van der Waals surface area contributed by atoms with E-state index in [-0.39, 0.29) is 6.04 Å². The van der Waals surface area contributed by atoms with Crippen LogP contribution in [0.2, 0.25) is 0 Å². The first kappa shape index (κ1) is 13.6. The normalized spacial score (nSPS) is 28.5. The molecule has 1 aromatic carbocycles. The zero-order valence-corrected chi connectivity index (χ0v) is 12.9. The van der Waals surface area contributed by atoms with Crippen molar-refractivity contribution in [3.8, 4) is 5.75 Å². The maximum absolute atomic E-state index is 6.66. The van der Waals surface area contributed by atoms with Crippen molar-refractivity contribution in [3.05, 3.63) is 29.3 Å². The van der Waals surface area contributed by atoms with Crippen molar-refractivity contribution in [1.29, 1.82) is 0 Å². The number of hydrogen-bond donors (Lipinski definition) is 1. The van der Waals surface area contributed by atoms with Crippen LogP contribution in [-0.4, -0.2) is 30.6 Å². The van der Waals surface area contributed by atoms with E-state index in [1.807, 2.05) is 0 Å². The summed E-state index contributed by atoms with van der Waals surface area (Å²) in [5.74, 6) is 1.91. The number of aryl methyl sites for hydroxylation is 1. The quantitative estimate of drug-likeness (QED) is 0.904. The Kier molecular flexibility index (Phi) is 3.43. The molecule has 0 amide bonds. The van der Waals surface area contributed by atoms with Crippen LogP contribution in [0.5, 0.6) is 5.75 Å². The van der Waals surface area contributed by atoms with E-state index >= 15 is 0 Å². The molecule has 0 saturated heterocycles. The summed E-state index contributed by atoms with van der Waals surface area (Å²) in [6.45, 7) is 1.29. The van der Waals surface area contributed by atoms with Gasteiger partial charge < -0.3 is 10.5 Å². The Bertz CT molecular complexity index is 522. The molecule has 114 valence electrons. The summed E-state index contributed by atoms with van der Waals surface area (Å²) in [4.78, 5) is 2.76. The molecule has 3 heteroatoms. The predicted molar refractivity (Wildman–Crippen MR) is 84.5 cm³/mol. The summed E-state index contributed by atoms with van der Waals surface area (Å²) >= 11 is 0. The zero-order valence-electron chi connectivity index (χ0n) is 12.9.